The van der Waals surface area contributed by atoms with Crippen molar-refractivity contribution in [1.82, 2.24) is 10.0 Å². The number of benzene rings is 2. The van der Waals surface area contributed by atoms with Gasteiger partial charge in [0.15, 0.2) is 0 Å². The average molecular weight is 479 g/mol. The lowest BCUT2D eigenvalue weighted by molar-refractivity contribution is -0.121. The Balaban J connectivity index is 1.39. The van der Waals surface area contributed by atoms with Gasteiger partial charge in [0.2, 0.25) is 15.9 Å². The molecule has 2 aromatic rings. The molecule has 172 valence electrons. The van der Waals surface area contributed by atoms with Gasteiger partial charge >= 0.3 is 0 Å². The van der Waals surface area contributed by atoms with Gasteiger partial charge < -0.3 is 5.32 Å². The third-order valence-electron chi connectivity index (χ3n) is 4.78. The smallest absolute Gasteiger partial charge is 0.263 e. The van der Waals surface area contributed by atoms with E-state index in [1.165, 1.54) is 0 Å². The van der Waals surface area contributed by atoms with Crippen LogP contribution in [0, 0.1) is 0 Å². The molecule has 0 aromatic heterocycles. The molecule has 0 bridgehead atoms. The summed E-state index contributed by atoms with van der Waals surface area (Å²) in [6.07, 6.45) is 3.58. The fourth-order valence-corrected chi connectivity index (χ4v) is 5.12. The van der Waals surface area contributed by atoms with Gasteiger partial charge in [-0.15, -0.1) is 0 Å². The number of nitrogens with zero attached hydrogens (tertiary/aromatic N) is 1. The molecule has 1 heterocycles. The second kappa shape index (κ2) is 10.1. The summed E-state index contributed by atoms with van der Waals surface area (Å²) in [5, 5.41) is 2.80. The van der Waals surface area contributed by atoms with Gasteiger partial charge in [-0.1, -0.05) is 36.8 Å². The number of fused-ring (bicyclic) bond motifs is 1. The highest BCUT2D eigenvalue weighted by atomic mass is 32.2. The summed E-state index contributed by atoms with van der Waals surface area (Å²) in [6, 6.07) is 13.6. The normalized spacial score (nSPS) is 15.7. The van der Waals surface area contributed by atoms with E-state index in [1.807, 2.05) is 0 Å². The van der Waals surface area contributed by atoms with Crippen molar-refractivity contribution in [3.05, 3.63) is 59.7 Å². The van der Waals surface area contributed by atoms with Crippen LogP contribution >= 0.6 is 0 Å². The zero-order valence-electron chi connectivity index (χ0n) is 17.7. The molecule has 1 amide bonds. The van der Waals surface area contributed by atoms with E-state index < -0.39 is 20.0 Å². The van der Waals surface area contributed by atoms with Crippen molar-refractivity contribution in [3.63, 3.8) is 0 Å². The van der Waals surface area contributed by atoms with Gasteiger partial charge in [-0.25, -0.2) is 16.8 Å². The molecule has 0 radical (unpaired) electrons. The molecule has 2 aromatic carbocycles. The van der Waals surface area contributed by atoms with Gasteiger partial charge in [-0.3, -0.25) is 19.2 Å². The summed E-state index contributed by atoms with van der Waals surface area (Å²) in [6.45, 7) is 0.684. The third kappa shape index (κ3) is 6.54. The standard InChI is InChI=1S/C21H26N4O5S2/c1-31(27,28)24-18-11-6-4-9-16(18)15-23-20(26)13-3-2-8-14-22-21-17-10-5-7-12-19(17)32(29,30)25-21/h4-7,9-12,24H,2-3,8,13-15H2,1H3,(H,22,25)(H,23,26). The number of hydrogen-bond acceptors (Lipinski definition) is 6. The predicted molar refractivity (Wildman–Crippen MR) is 123 cm³/mol. The van der Waals surface area contributed by atoms with Crippen molar-refractivity contribution in [2.24, 2.45) is 4.99 Å². The van der Waals surface area contributed by atoms with E-state index in [0.717, 1.165) is 19.1 Å². The van der Waals surface area contributed by atoms with Gasteiger partial charge in [0.05, 0.1) is 16.8 Å². The largest absolute Gasteiger partial charge is 0.352 e. The molecule has 0 atom stereocenters. The van der Waals surface area contributed by atoms with Crippen LogP contribution < -0.4 is 14.8 Å². The Morgan fingerprint density at radius 1 is 1.03 bits per heavy atom. The fraction of sp³-hybridized carbons (Fsp3) is 0.333. The van der Waals surface area contributed by atoms with Crippen LogP contribution in [0.5, 0.6) is 0 Å². The summed E-state index contributed by atoms with van der Waals surface area (Å²) in [4.78, 5) is 16.7. The van der Waals surface area contributed by atoms with Crippen molar-refractivity contribution >= 4 is 37.5 Å². The number of anilines is 1. The van der Waals surface area contributed by atoms with Crippen LogP contribution in [0.4, 0.5) is 5.69 Å². The van der Waals surface area contributed by atoms with Gasteiger partial charge in [0.1, 0.15) is 5.84 Å². The Hall–Kier alpha value is -2.92. The van der Waals surface area contributed by atoms with Crippen LogP contribution in [0.3, 0.4) is 0 Å². The summed E-state index contributed by atoms with van der Waals surface area (Å²) in [7, 11) is -6.93. The molecule has 1 aliphatic rings. The number of hydrogen-bond donors (Lipinski definition) is 3. The fourth-order valence-electron chi connectivity index (χ4n) is 3.27. The molecule has 0 unspecified atom stereocenters. The lowest BCUT2D eigenvalue weighted by Crippen LogP contribution is -2.23. The molecule has 0 aliphatic carbocycles. The second-order valence-electron chi connectivity index (χ2n) is 7.45. The number of rotatable bonds is 10. The summed E-state index contributed by atoms with van der Waals surface area (Å²) >= 11 is 0. The number of aliphatic imine (C=N–C) groups is 1. The highest BCUT2D eigenvalue weighted by Crippen LogP contribution is 2.22. The Kier molecular flexibility index (Phi) is 7.52. The number of sulfonamides is 2. The van der Waals surface area contributed by atoms with Crippen molar-refractivity contribution in [2.75, 3.05) is 17.5 Å². The van der Waals surface area contributed by atoms with Crippen LogP contribution in [-0.2, 0) is 31.4 Å². The van der Waals surface area contributed by atoms with Gasteiger partial charge in [-0.05, 0) is 36.6 Å². The number of amides is 1. The molecular formula is C21H26N4O5S2. The van der Waals surface area contributed by atoms with Crippen LogP contribution in [0.15, 0.2) is 58.4 Å². The molecule has 11 heteroatoms. The molecule has 3 rings (SSSR count). The van der Waals surface area contributed by atoms with Gasteiger partial charge in [0, 0.05) is 25.1 Å². The molecule has 0 fully saturated rings. The number of carbonyl (C=O) groups excluding carboxylic acids is 1. The summed E-state index contributed by atoms with van der Waals surface area (Å²) in [5.74, 6) is 0.239. The summed E-state index contributed by atoms with van der Waals surface area (Å²) in [5.41, 5.74) is 1.71. The molecule has 0 saturated heterocycles. The van der Waals surface area contributed by atoms with E-state index in [2.05, 4.69) is 19.8 Å². The quantitative estimate of drug-likeness (QED) is 0.449. The molecular weight excluding hydrogens is 452 g/mol. The monoisotopic (exact) mass is 478 g/mol. The number of nitrogens with one attached hydrogen (secondary N) is 3. The van der Waals surface area contributed by atoms with E-state index in [0.29, 0.717) is 42.0 Å². The molecule has 0 saturated carbocycles. The van der Waals surface area contributed by atoms with Crippen molar-refractivity contribution < 1.29 is 21.6 Å². The Morgan fingerprint density at radius 3 is 2.53 bits per heavy atom. The zero-order valence-corrected chi connectivity index (χ0v) is 19.3. The minimum Gasteiger partial charge on any atom is -0.352 e. The third-order valence-corrected chi connectivity index (χ3v) is 6.77. The van der Waals surface area contributed by atoms with Crippen LogP contribution in [-0.4, -0.2) is 41.4 Å². The first-order chi connectivity index (χ1) is 15.2. The highest BCUT2D eigenvalue weighted by molar-refractivity contribution is 7.92. The second-order valence-corrected chi connectivity index (χ2v) is 10.9. The molecule has 3 N–H and O–H groups in total. The number of para-hydroxylation sites is 1. The Bertz CT molecular complexity index is 1220. The lowest BCUT2D eigenvalue weighted by Gasteiger charge is -2.11. The maximum Gasteiger partial charge on any atom is 0.263 e. The molecule has 9 nitrogen and oxygen atoms in total. The summed E-state index contributed by atoms with van der Waals surface area (Å²) < 4.78 is 51.9. The first-order valence-electron chi connectivity index (χ1n) is 10.1. The van der Waals surface area contributed by atoms with E-state index in [1.54, 1.807) is 48.5 Å². The van der Waals surface area contributed by atoms with Crippen LogP contribution in [0.25, 0.3) is 0 Å². The number of unbranched alkanes of at least 4 members (excludes halogenated alkanes) is 2. The average Bonchev–Trinajstić information content (AvgIpc) is 2.99. The molecule has 1 aliphatic heterocycles. The van der Waals surface area contributed by atoms with E-state index in [4.69, 9.17) is 0 Å². The van der Waals surface area contributed by atoms with Gasteiger partial charge in [0.25, 0.3) is 10.0 Å². The van der Waals surface area contributed by atoms with Crippen molar-refractivity contribution in [2.45, 2.75) is 37.1 Å². The highest BCUT2D eigenvalue weighted by Gasteiger charge is 2.29. The first-order valence-corrected chi connectivity index (χ1v) is 13.5. The lowest BCUT2D eigenvalue weighted by atomic mass is 10.1. The SMILES string of the molecule is CS(=O)(=O)Nc1ccccc1CNC(=O)CCCCCN=C1NS(=O)(=O)c2ccccc21. The van der Waals surface area contributed by atoms with E-state index in [9.17, 15) is 21.6 Å². The van der Waals surface area contributed by atoms with Crippen LogP contribution in [0.1, 0.15) is 36.8 Å². The van der Waals surface area contributed by atoms with E-state index in [-0.39, 0.29) is 17.3 Å². The topological polar surface area (TPSA) is 134 Å². The maximum absolute atomic E-state index is 12.1. The van der Waals surface area contributed by atoms with Crippen LogP contribution in [0.2, 0.25) is 0 Å². The number of amidine groups is 1. The van der Waals surface area contributed by atoms with Gasteiger partial charge in [-0.2, -0.15) is 0 Å². The van der Waals surface area contributed by atoms with Crippen molar-refractivity contribution in [3.8, 4) is 0 Å². The minimum absolute atomic E-state index is 0.122. The Morgan fingerprint density at radius 2 is 1.75 bits per heavy atom. The van der Waals surface area contributed by atoms with E-state index >= 15 is 0 Å². The predicted octanol–water partition coefficient (Wildman–Crippen LogP) is 1.97. The van der Waals surface area contributed by atoms with Crippen molar-refractivity contribution in [1.29, 1.82) is 0 Å². The molecule has 32 heavy (non-hydrogen) atoms. The maximum atomic E-state index is 12.1. The zero-order chi connectivity index (χ0) is 23.2. The molecule has 0 spiro atoms. The number of carbonyl (C=O) groups is 1. The first kappa shape index (κ1) is 23.7. The minimum atomic E-state index is -3.53. The Labute approximate surface area is 188 Å².